The zero-order valence-electron chi connectivity index (χ0n) is 49.7. The van der Waals surface area contributed by atoms with E-state index < -0.39 is 0 Å². The van der Waals surface area contributed by atoms with Gasteiger partial charge in [0, 0.05) is 0 Å². The first-order valence-corrected chi connectivity index (χ1v) is 31.1. The van der Waals surface area contributed by atoms with Crippen molar-refractivity contribution in [1.29, 1.82) is 5.26 Å². The fraction of sp³-hybridized carbons (Fsp3) is 0.0341. The minimum absolute atomic E-state index is 0.652. The Morgan fingerprint density at radius 1 is 0.300 bits per heavy atom. The van der Waals surface area contributed by atoms with Crippen LogP contribution in [0.3, 0.4) is 0 Å². The van der Waals surface area contributed by atoms with Crippen molar-refractivity contribution < 1.29 is 4.74 Å². The molecule has 0 heterocycles. The van der Waals surface area contributed by atoms with Crippen molar-refractivity contribution in [3.05, 3.63) is 307 Å². The van der Waals surface area contributed by atoms with E-state index in [0.717, 1.165) is 28.0 Å². The van der Waals surface area contributed by atoms with E-state index in [1.54, 1.807) is 7.11 Å². The van der Waals surface area contributed by atoms with E-state index in [2.05, 4.69) is 286 Å². The number of nitrogens with zero attached hydrogens (tertiary/aromatic N) is 1. The molecule has 0 fully saturated rings. The average molecular weight is 1140 g/mol. The number of hydrogen-bond donors (Lipinski definition) is 0. The summed E-state index contributed by atoms with van der Waals surface area (Å²) < 4.78 is 5.77. The molecule has 0 radical (unpaired) electrons. The summed E-state index contributed by atoms with van der Waals surface area (Å²) in [4.78, 5) is 0. The van der Waals surface area contributed by atoms with E-state index in [4.69, 9.17) is 4.74 Å². The summed E-state index contributed by atoms with van der Waals surface area (Å²) in [5.41, 5.74) is 18.8. The fourth-order valence-electron chi connectivity index (χ4n) is 15.6. The monoisotopic (exact) mass is 1140 g/mol. The third kappa shape index (κ3) is 7.90. The van der Waals surface area contributed by atoms with E-state index in [0.29, 0.717) is 12.0 Å². The highest BCUT2D eigenvalue weighted by atomic mass is 16.5. The number of fused-ring (bicyclic) bond motifs is 4. The van der Waals surface area contributed by atoms with Crippen LogP contribution in [0.2, 0.25) is 0 Å². The van der Waals surface area contributed by atoms with E-state index >= 15 is 0 Å². The van der Waals surface area contributed by atoms with Gasteiger partial charge in [-0.15, -0.1) is 0 Å². The molecule has 0 spiro atoms. The molecule has 0 N–H and O–H groups in total. The van der Waals surface area contributed by atoms with Crippen LogP contribution in [0.1, 0.15) is 22.3 Å². The number of rotatable bonds is 9. The standard InChI is InChI=1S/C88H55NO/c1-52-47-79(68-44-37-64-33-27-56-12-10-14-58-39-46-76(68)88(64)82(56)58)65(50-78(52)67-43-36-63-32-26-55-11-9-13-57-38-45-75(67)87(63)81(55)57)48-54-23-42-77-80(49-54)86(62-34-40-66(90-2)41-35-62)74-20-8-7-19-73(74)85(77)61-30-28-60(29-31-61)84-71-17-5-3-15-69(71)83(70-16-4-6-18-72(70)84)59-24-21-53(51-89)22-25-59/h3-47,49-50H,48H2,1-2H3. The van der Waals surface area contributed by atoms with Gasteiger partial charge in [0.2, 0.25) is 0 Å². The fourth-order valence-corrected chi connectivity index (χ4v) is 15.6. The van der Waals surface area contributed by atoms with E-state index in [9.17, 15) is 5.26 Å². The summed E-state index contributed by atoms with van der Waals surface area (Å²) in [6, 6.07) is 108. The van der Waals surface area contributed by atoms with Crippen molar-refractivity contribution in [3.63, 3.8) is 0 Å². The van der Waals surface area contributed by atoms with Crippen molar-refractivity contribution >= 4 is 108 Å². The maximum Gasteiger partial charge on any atom is 0.118 e. The summed E-state index contributed by atoms with van der Waals surface area (Å²) >= 11 is 0. The topological polar surface area (TPSA) is 33.0 Å². The minimum atomic E-state index is 0.652. The Bertz CT molecular complexity index is 5940. The molecular weight excluding hydrogens is 1090 g/mol. The van der Waals surface area contributed by atoms with Crippen LogP contribution in [0, 0.1) is 18.3 Å². The second-order valence-electron chi connectivity index (χ2n) is 24.5. The average Bonchev–Trinajstić information content (AvgIpc) is 0.921. The summed E-state index contributed by atoms with van der Waals surface area (Å²) in [6.07, 6.45) is 0.706. The van der Waals surface area contributed by atoms with E-state index in [1.165, 1.54) is 169 Å². The van der Waals surface area contributed by atoms with Crippen molar-refractivity contribution in [2.45, 2.75) is 13.3 Å². The number of benzene rings is 18. The largest absolute Gasteiger partial charge is 0.497 e. The Morgan fingerprint density at radius 2 is 0.667 bits per heavy atom. The van der Waals surface area contributed by atoms with Crippen LogP contribution < -0.4 is 4.74 Å². The maximum absolute atomic E-state index is 9.68. The van der Waals surface area contributed by atoms with Crippen LogP contribution in [0.25, 0.3) is 174 Å². The molecule has 0 amide bonds. The summed E-state index contributed by atoms with van der Waals surface area (Å²) in [7, 11) is 1.74. The molecule has 0 aliphatic carbocycles. The first kappa shape index (κ1) is 51.6. The lowest BCUT2D eigenvalue weighted by Gasteiger charge is -2.21. The molecule has 0 saturated carbocycles. The molecular formula is C88H55NO. The number of nitriles is 1. The highest BCUT2D eigenvalue weighted by molar-refractivity contribution is 6.28. The van der Waals surface area contributed by atoms with Gasteiger partial charge in [0.1, 0.15) is 5.75 Å². The van der Waals surface area contributed by atoms with Gasteiger partial charge in [0.15, 0.2) is 0 Å². The van der Waals surface area contributed by atoms with Gasteiger partial charge in [-0.1, -0.05) is 255 Å². The number of aryl methyl sites for hydroxylation is 1. The molecule has 0 aromatic heterocycles. The lowest BCUT2D eigenvalue weighted by Crippen LogP contribution is -1.99. The highest BCUT2D eigenvalue weighted by Crippen LogP contribution is 2.50. The van der Waals surface area contributed by atoms with Crippen LogP contribution in [0.15, 0.2) is 285 Å². The van der Waals surface area contributed by atoms with Gasteiger partial charge >= 0.3 is 0 Å². The van der Waals surface area contributed by atoms with Gasteiger partial charge in [-0.2, -0.15) is 5.26 Å². The molecule has 18 rings (SSSR count). The Balaban J connectivity index is 0.841. The van der Waals surface area contributed by atoms with Gasteiger partial charge in [0.05, 0.1) is 18.7 Å². The number of methoxy groups -OCH3 is 1. The van der Waals surface area contributed by atoms with Gasteiger partial charge in [-0.3, -0.25) is 0 Å². The normalized spacial score (nSPS) is 11.9. The Morgan fingerprint density at radius 3 is 1.11 bits per heavy atom. The summed E-state index contributed by atoms with van der Waals surface area (Å²) in [5.74, 6) is 0.827. The first-order valence-electron chi connectivity index (χ1n) is 31.1. The van der Waals surface area contributed by atoms with Crippen LogP contribution in [0.4, 0.5) is 0 Å². The van der Waals surface area contributed by atoms with Gasteiger partial charge in [-0.05, 0) is 235 Å². The highest BCUT2D eigenvalue weighted by Gasteiger charge is 2.23. The smallest absolute Gasteiger partial charge is 0.118 e. The second kappa shape index (κ2) is 20.2. The first-order chi connectivity index (χ1) is 44.4. The van der Waals surface area contributed by atoms with E-state index in [-0.39, 0.29) is 0 Å². The van der Waals surface area contributed by atoms with Gasteiger partial charge in [0.25, 0.3) is 0 Å². The SMILES string of the molecule is COc1ccc(-c2c3ccccc3c(-c3ccc(-c4c5ccccc5c(-c5ccc(C#N)cc5)c5ccccc45)cc3)c3ccc(Cc4cc(-c5ccc6ccc7cccc8ccc5c6c78)c(C)cc4-c4ccc5ccc6cccc7ccc4c5c67)cc23)cc1. The molecule has 418 valence electrons. The van der Waals surface area contributed by atoms with Crippen LogP contribution >= 0.6 is 0 Å². The summed E-state index contributed by atoms with van der Waals surface area (Å²) in [6.45, 7) is 2.31. The predicted octanol–water partition coefficient (Wildman–Crippen LogP) is 23.9. The zero-order chi connectivity index (χ0) is 59.7. The number of ether oxygens (including phenoxy) is 1. The maximum atomic E-state index is 9.68. The summed E-state index contributed by atoms with van der Waals surface area (Å²) in [5, 5.41) is 34.7. The van der Waals surface area contributed by atoms with Gasteiger partial charge < -0.3 is 4.74 Å². The Kier molecular flexibility index (Phi) is 11.6. The molecule has 0 atom stereocenters. The minimum Gasteiger partial charge on any atom is -0.497 e. The molecule has 18 aromatic rings. The molecule has 0 unspecified atom stereocenters. The second-order valence-corrected chi connectivity index (χ2v) is 24.5. The lowest BCUT2D eigenvalue weighted by molar-refractivity contribution is 0.415. The third-order valence-corrected chi connectivity index (χ3v) is 19.6. The van der Waals surface area contributed by atoms with Crippen molar-refractivity contribution in [1.82, 2.24) is 0 Å². The molecule has 2 nitrogen and oxygen atoms in total. The van der Waals surface area contributed by atoms with E-state index in [1.807, 2.05) is 12.1 Å². The molecule has 18 aromatic carbocycles. The molecule has 90 heavy (non-hydrogen) atoms. The molecule has 0 bridgehead atoms. The van der Waals surface area contributed by atoms with Crippen molar-refractivity contribution in [3.8, 4) is 78.6 Å². The van der Waals surface area contributed by atoms with Crippen LogP contribution in [-0.4, -0.2) is 7.11 Å². The molecule has 0 aliphatic heterocycles. The van der Waals surface area contributed by atoms with Crippen LogP contribution in [-0.2, 0) is 6.42 Å². The zero-order valence-corrected chi connectivity index (χ0v) is 49.7. The third-order valence-electron chi connectivity index (χ3n) is 19.6. The Labute approximate surface area is 521 Å². The predicted molar refractivity (Wildman–Crippen MR) is 382 cm³/mol. The van der Waals surface area contributed by atoms with Crippen molar-refractivity contribution in [2.24, 2.45) is 0 Å². The quantitative estimate of drug-likeness (QED) is 0.107. The lowest BCUT2D eigenvalue weighted by atomic mass is 9.82. The molecule has 0 saturated heterocycles. The number of hydrogen-bond acceptors (Lipinski definition) is 2. The Hall–Kier alpha value is -11.6. The molecule has 2 heteroatoms. The van der Waals surface area contributed by atoms with Gasteiger partial charge in [-0.25, -0.2) is 0 Å². The van der Waals surface area contributed by atoms with Crippen LogP contribution in [0.5, 0.6) is 5.75 Å². The van der Waals surface area contributed by atoms with Crippen molar-refractivity contribution in [2.75, 3.05) is 7.11 Å². The molecule has 0 aliphatic rings.